The van der Waals surface area contributed by atoms with Crippen LogP contribution in [0.3, 0.4) is 0 Å². The fourth-order valence-electron chi connectivity index (χ4n) is 3.62. The van der Waals surface area contributed by atoms with Gasteiger partial charge in [0.1, 0.15) is 0 Å². The summed E-state index contributed by atoms with van der Waals surface area (Å²) in [5, 5.41) is 0.390. The molecule has 30 heavy (non-hydrogen) atoms. The maximum absolute atomic E-state index is 13.6. The molecule has 0 N–H and O–H groups in total. The lowest BCUT2D eigenvalue weighted by molar-refractivity contribution is 0.118. The summed E-state index contributed by atoms with van der Waals surface area (Å²) in [6.07, 6.45) is 1.51. The van der Waals surface area contributed by atoms with E-state index in [1.807, 2.05) is 24.3 Å². The first-order valence-corrected chi connectivity index (χ1v) is 11.8. The van der Waals surface area contributed by atoms with Crippen molar-refractivity contribution in [3.05, 3.63) is 53.0 Å². The number of fused-ring (bicyclic) bond motifs is 2. The summed E-state index contributed by atoms with van der Waals surface area (Å²) in [4.78, 5) is 16.4. The van der Waals surface area contributed by atoms with Crippen LogP contribution < -0.4 is 10.1 Å². The van der Waals surface area contributed by atoms with Gasteiger partial charge in [-0.15, -0.1) is 0 Å². The number of hydrogen-bond donors (Lipinski definition) is 0. The van der Waals surface area contributed by atoms with E-state index in [-0.39, 0.29) is 23.1 Å². The summed E-state index contributed by atoms with van der Waals surface area (Å²) in [7, 11) is -2.38. The van der Waals surface area contributed by atoms with Crippen molar-refractivity contribution in [3.8, 4) is 0 Å². The lowest BCUT2D eigenvalue weighted by Gasteiger charge is -2.24. The van der Waals surface area contributed by atoms with E-state index in [0.29, 0.717) is 17.3 Å². The fraction of sp³-hybridized carbons (Fsp3) is 0.300. The summed E-state index contributed by atoms with van der Waals surface area (Å²) < 4.78 is 41.7. The van der Waals surface area contributed by atoms with Crippen LogP contribution in [0.2, 0.25) is 0 Å². The van der Waals surface area contributed by atoms with E-state index >= 15 is 0 Å². The van der Waals surface area contributed by atoms with E-state index in [9.17, 15) is 13.2 Å². The molecule has 10 heteroatoms. The molecule has 0 amide bonds. The summed E-state index contributed by atoms with van der Waals surface area (Å²) in [5.41, 5.74) is 1.50. The molecule has 5 rings (SSSR count). The number of hydrogen-bond acceptors (Lipinski definition) is 7. The molecule has 0 spiro atoms. The number of aromatic nitrogens is 2. The van der Waals surface area contributed by atoms with Gasteiger partial charge in [0.25, 0.3) is 10.0 Å². The molecule has 4 aromatic rings. The number of oxazole rings is 1. The third-order valence-corrected chi connectivity index (χ3v) is 8.17. The highest BCUT2D eigenvalue weighted by molar-refractivity contribution is 7.93. The number of thiazole rings is 1. The summed E-state index contributed by atoms with van der Waals surface area (Å²) >= 11 is 1.32. The van der Waals surface area contributed by atoms with Crippen LogP contribution in [-0.4, -0.2) is 37.2 Å². The van der Waals surface area contributed by atoms with Crippen LogP contribution in [-0.2, 0) is 21.8 Å². The van der Waals surface area contributed by atoms with Crippen LogP contribution in [0.4, 0.5) is 5.13 Å². The molecule has 0 saturated carbocycles. The molecule has 3 heterocycles. The first kappa shape index (κ1) is 19.3. The maximum atomic E-state index is 13.6. The first-order chi connectivity index (χ1) is 14.4. The molecule has 2 aromatic carbocycles. The van der Waals surface area contributed by atoms with E-state index in [4.69, 9.17) is 9.15 Å². The minimum Gasteiger partial charge on any atom is -0.408 e. The average molecular weight is 446 g/mol. The van der Waals surface area contributed by atoms with Gasteiger partial charge in [0.15, 0.2) is 5.58 Å². The minimum absolute atomic E-state index is 0.0432. The Labute approximate surface area is 176 Å². The van der Waals surface area contributed by atoms with E-state index in [2.05, 4.69) is 4.98 Å². The molecule has 0 bridgehead atoms. The van der Waals surface area contributed by atoms with Crippen molar-refractivity contribution in [2.24, 2.45) is 7.05 Å². The predicted molar refractivity (Wildman–Crippen MR) is 115 cm³/mol. The molecule has 0 aliphatic carbocycles. The highest BCUT2D eigenvalue weighted by Crippen LogP contribution is 2.34. The molecular weight excluding hydrogens is 426 g/mol. The van der Waals surface area contributed by atoms with E-state index in [0.717, 1.165) is 23.1 Å². The van der Waals surface area contributed by atoms with E-state index in [1.54, 1.807) is 13.1 Å². The van der Waals surface area contributed by atoms with E-state index in [1.165, 1.54) is 32.3 Å². The normalized spacial score (nSPS) is 17.2. The summed E-state index contributed by atoms with van der Waals surface area (Å²) in [6, 6.07) is 12.0. The van der Waals surface area contributed by atoms with E-state index < -0.39 is 15.8 Å². The second-order valence-electron chi connectivity index (χ2n) is 7.19. The van der Waals surface area contributed by atoms with Gasteiger partial charge in [-0.1, -0.05) is 23.5 Å². The summed E-state index contributed by atoms with van der Waals surface area (Å²) in [6.45, 7) is 0.804. The number of benzene rings is 2. The number of sulfonamides is 1. The van der Waals surface area contributed by atoms with Gasteiger partial charge >= 0.3 is 5.76 Å². The minimum atomic E-state index is -3.95. The largest absolute Gasteiger partial charge is 0.419 e. The number of ether oxygens (including phenoxy) is 1. The zero-order valence-electron chi connectivity index (χ0n) is 16.1. The Balaban J connectivity index is 1.62. The van der Waals surface area contributed by atoms with Crippen LogP contribution in [0, 0.1) is 0 Å². The van der Waals surface area contributed by atoms with Crippen LogP contribution in [0.15, 0.2) is 56.6 Å². The summed E-state index contributed by atoms with van der Waals surface area (Å²) in [5.74, 6) is -0.540. The zero-order valence-corrected chi connectivity index (χ0v) is 17.8. The number of rotatable bonds is 5. The van der Waals surface area contributed by atoms with Crippen molar-refractivity contribution in [2.75, 3.05) is 17.5 Å². The molecule has 156 valence electrons. The maximum Gasteiger partial charge on any atom is 0.419 e. The standard InChI is InChI=1S/C20H19N3O5S2/c1-22-16-9-8-14(11-17(16)28-20(22)24)30(25,26)23(12-13-5-4-10-27-13)19-21-15-6-2-3-7-18(15)29-19/h2-3,6-9,11,13H,4-5,10,12H2,1H3. The molecule has 1 saturated heterocycles. The van der Waals surface area contributed by atoms with Gasteiger partial charge in [-0.05, 0) is 37.1 Å². The van der Waals surface area contributed by atoms with Gasteiger partial charge in [0.2, 0.25) is 5.13 Å². The number of anilines is 1. The van der Waals surface area contributed by atoms with Gasteiger partial charge in [0, 0.05) is 19.7 Å². The Morgan fingerprint density at radius 3 is 2.87 bits per heavy atom. The zero-order chi connectivity index (χ0) is 20.9. The molecule has 2 aromatic heterocycles. The van der Waals surface area contributed by atoms with Crippen molar-refractivity contribution in [3.63, 3.8) is 0 Å². The SMILES string of the molecule is Cn1c(=O)oc2cc(S(=O)(=O)N(CC3CCCO3)c3nc4ccccc4s3)ccc21. The van der Waals surface area contributed by atoms with Crippen molar-refractivity contribution in [1.82, 2.24) is 9.55 Å². The Hall–Kier alpha value is -2.69. The molecule has 8 nitrogen and oxygen atoms in total. The quantitative estimate of drug-likeness (QED) is 0.468. The third kappa shape index (κ3) is 3.21. The van der Waals surface area contributed by atoms with Crippen LogP contribution in [0.5, 0.6) is 0 Å². The molecule has 1 fully saturated rings. The molecule has 0 radical (unpaired) electrons. The Bertz CT molecular complexity index is 1360. The van der Waals surface area contributed by atoms with Gasteiger partial charge < -0.3 is 9.15 Å². The topological polar surface area (TPSA) is 94.6 Å². The van der Waals surface area contributed by atoms with Crippen molar-refractivity contribution < 1.29 is 17.6 Å². The van der Waals surface area contributed by atoms with Crippen LogP contribution in [0.25, 0.3) is 21.3 Å². The molecule has 1 aliphatic rings. The first-order valence-electron chi connectivity index (χ1n) is 9.53. The number of nitrogens with zero attached hydrogens (tertiary/aromatic N) is 3. The van der Waals surface area contributed by atoms with Crippen LogP contribution in [0.1, 0.15) is 12.8 Å². The predicted octanol–water partition coefficient (Wildman–Crippen LogP) is 3.12. The Morgan fingerprint density at radius 2 is 2.10 bits per heavy atom. The average Bonchev–Trinajstić information content (AvgIpc) is 3.45. The highest BCUT2D eigenvalue weighted by Gasteiger charge is 2.32. The number of aryl methyl sites for hydroxylation is 1. The van der Waals surface area contributed by atoms with Gasteiger partial charge in [0.05, 0.1) is 33.3 Å². The van der Waals surface area contributed by atoms with Gasteiger partial charge in [-0.2, -0.15) is 0 Å². The monoisotopic (exact) mass is 445 g/mol. The Morgan fingerprint density at radius 1 is 1.27 bits per heavy atom. The smallest absolute Gasteiger partial charge is 0.408 e. The molecular formula is C20H19N3O5S2. The lowest BCUT2D eigenvalue weighted by atomic mass is 10.2. The van der Waals surface area contributed by atoms with Gasteiger partial charge in [-0.25, -0.2) is 22.5 Å². The lowest BCUT2D eigenvalue weighted by Crippen LogP contribution is -2.37. The fourth-order valence-corrected chi connectivity index (χ4v) is 6.27. The van der Waals surface area contributed by atoms with Crippen molar-refractivity contribution in [2.45, 2.75) is 23.8 Å². The van der Waals surface area contributed by atoms with Crippen LogP contribution >= 0.6 is 11.3 Å². The molecule has 1 atom stereocenters. The van der Waals surface area contributed by atoms with Crippen molar-refractivity contribution in [1.29, 1.82) is 0 Å². The molecule has 1 aliphatic heterocycles. The third-order valence-electron chi connectivity index (χ3n) is 5.24. The highest BCUT2D eigenvalue weighted by atomic mass is 32.2. The number of para-hydroxylation sites is 1. The van der Waals surface area contributed by atoms with Crippen molar-refractivity contribution >= 4 is 47.8 Å². The molecule has 1 unspecified atom stereocenters. The second-order valence-corrected chi connectivity index (χ2v) is 10.1. The second kappa shape index (κ2) is 7.22. The van der Waals surface area contributed by atoms with Gasteiger partial charge in [-0.3, -0.25) is 4.57 Å². The Kier molecular flexibility index (Phi) is 4.64.